The van der Waals surface area contributed by atoms with E-state index in [0.717, 1.165) is 0 Å². The molecule has 14 heavy (non-hydrogen) atoms. The molecule has 0 bridgehead atoms. The summed E-state index contributed by atoms with van der Waals surface area (Å²) in [7, 11) is 0. The molecule has 0 aromatic carbocycles. The molecule has 0 atom stereocenters. The van der Waals surface area contributed by atoms with E-state index in [0.29, 0.717) is 6.42 Å². The van der Waals surface area contributed by atoms with Crippen LogP contribution in [0.5, 0.6) is 0 Å². The zero-order valence-corrected chi connectivity index (χ0v) is 8.12. The van der Waals surface area contributed by atoms with Gasteiger partial charge in [-0.15, -0.1) is 0 Å². The van der Waals surface area contributed by atoms with Crippen LogP contribution >= 0.6 is 0 Å². The first-order valence-corrected chi connectivity index (χ1v) is 5.27. The van der Waals surface area contributed by atoms with E-state index in [1.807, 2.05) is 6.20 Å². The fraction of sp³-hybridized carbons (Fsp3) is 0.417. The molecule has 2 heterocycles. The maximum absolute atomic E-state index is 11.2. The lowest BCUT2D eigenvalue weighted by molar-refractivity contribution is -0.114. The van der Waals surface area contributed by atoms with Gasteiger partial charge in [-0.1, -0.05) is 0 Å². The van der Waals surface area contributed by atoms with E-state index in [1.54, 1.807) is 6.08 Å². The van der Waals surface area contributed by atoms with E-state index in [4.69, 9.17) is 0 Å². The number of carbonyl (C=O) groups excluding carboxylic acids is 1. The number of ketones is 1. The molecule has 2 heteroatoms. The molecule has 0 unspecified atom stereocenters. The third-order valence-corrected chi connectivity index (χ3v) is 3.19. The Kier molecular flexibility index (Phi) is 1.63. The SMILES string of the molecule is O=C1C=Cn2c(cc3c2CCCC3)C1. The van der Waals surface area contributed by atoms with Crippen LogP contribution in [0.2, 0.25) is 0 Å². The highest BCUT2D eigenvalue weighted by Gasteiger charge is 2.19. The molecule has 2 nitrogen and oxygen atoms in total. The predicted molar refractivity (Wildman–Crippen MR) is 55.1 cm³/mol. The summed E-state index contributed by atoms with van der Waals surface area (Å²) in [6.45, 7) is 0. The summed E-state index contributed by atoms with van der Waals surface area (Å²) in [6, 6.07) is 2.22. The van der Waals surface area contributed by atoms with Crippen LogP contribution in [-0.4, -0.2) is 10.4 Å². The summed E-state index contributed by atoms with van der Waals surface area (Å²) in [5.74, 6) is 0.229. The monoisotopic (exact) mass is 187 g/mol. The zero-order valence-electron chi connectivity index (χ0n) is 8.12. The molecule has 0 spiro atoms. The highest BCUT2D eigenvalue weighted by Crippen LogP contribution is 2.27. The van der Waals surface area contributed by atoms with Gasteiger partial charge in [-0.25, -0.2) is 0 Å². The van der Waals surface area contributed by atoms with Crippen molar-refractivity contribution < 1.29 is 4.79 Å². The van der Waals surface area contributed by atoms with Crippen LogP contribution in [0.3, 0.4) is 0 Å². The molecule has 1 aliphatic heterocycles. The fourth-order valence-electron chi connectivity index (χ4n) is 2.50. The van der Waals surface area contributed by atoms with E-state index in [-0.39, 0.29) is 5.78 Å². The summed E-state index contributed by atoms with van der Waals surface area (Å²) in [5, 5.41) is 0. The summed E-state index contributed by atoms with van der Waals surface area (Å²) >= 11 is 0. The van der Waals surface area contributed by atoms with Crippen LogP contribution in [0.1, 0.15) is 29.8 Å². The Labute approximate surface area is 83.2 Å². The third kappa shape index (κ3) is 1.07. The second kappa shape index (κ2) is 2.84. The Morgan fingerprint density at radius 2 is 2.07 bits per heavy atom. The molecule has 0 saturated heterocycles. The van der Waals surface area contributed by atoms with Crippen molar-refractivity contribution in [1.82, 2.24) is 4.57 Å². The molecule has 0 saturated carbocycles. The van der Waals surface area contributed by atoms with Crippen molar-refractivity contribution in [2.24, 2.45) is 0 Å². The summed E-state index contributed by atoms with van der Waals surface area (Å²) in [6.07, 6.45) is 9.17. The quantitative estimate of drug-likeness (QED) is 0.608. The first-order chi connectivity index (χ1) is 6.84. The van der Waals surface area contributed by atoms with Gasteiger partial charge in [0.1, 0.15) is 0 Å². The number of carbonyl (C=O) groups is 1. The van der Waals surface area contributed by atoms with Crippen molar-refractivity contribution in [3.63, 3.8) is 0 Å². The Balaban J connectivity index is 2.14. The van der Waals surface area contributed by atoms with Crippen LogP contribution in [-0.2, 0) is 24.1 Å². The average molecular weight is 187 g/mol. The first kappa shape index (κ1) is 8.04. The van der Waals surface area contributed by atoms with E-state index in [1.165, 1.54) is 42.6 Å². The summed E-state index contributed by atoms with van der Waals surface area (Å²) < 4.78 is 2.22. The van der Waals surface area contributed by atoms with Crippen molar-refractivity contribution in [2.75, 3.05) is 0 Å². The van der Waals surface area contributed by atoms with Gasteiger partial charge < -0.3 is 4.57 Å². The highest BCUT2D eigenvalue weighted by atomic mass is 16.1. The molecular weight excluding hydrogens is 174 g/mol. The minimum absolute atomic E-state index is 0.229. The number of hydrogen-bond donors (Lipinski definition) is 0. The minimum atomic E-state index is 0.229. The van der Waals surface area contributed by atoms with Crippen molar-refractivity contribution in [1.29, 1.82) is 0 Å². The molecule has 2 aliphatic rings. The van der Waals surface area contributed by atoms with Gasteiger partial charge in [0.05, 0.1) is 6.42 Å². The molecule has 1 aromatic rings. The van der Waals surface area contributed by atoms with Gasteiger partial charge in [0.2, 0.25) is 0 Å². The molecular formula is C12H13NO. The van der Waals surface area contributed by atoms with E-state index in [2.05, 4.69) is 10.6 Å². The maximum atomic E-state index is 11.2. The number of rotatable bonds is 0. The average Bonchev–Trinajstić information content (AvgIpc) is 2.54. The number of fused-ring (bicyclic) bond motifs is 3. The second-order valence-electron chi connectivity index (χ2n) is 4.14. The lowest BCUT2D eigenvalue weighted by atomic mass is 9.98. The number of aryl methyl sites for hydroxylation is 1. The maximum Gasteiger partial charge on any atom is 0.163 e. The van der Waals surface area contributed by atoms with E-state index < -0.39 is 0 Å². The number of hydrogen-bond acceptors (Lipinski definition) is 1. The topological polar surface area (TPSA) is 22.0 Å². The first-order valence-electron chi connectivity index (χ1n) is 5.27. The van der Waals surface area contributed by atoms with Gasteiger partial charge in [-0.05, 0) is 43.4 Å². The molecule has 1 aromatic heterocycles. The molecule has 0 amide bonds. The van der Waals surface area contributed by atoms with E-state index in [9.17, 15) is 4.79 Å². The largest absolute Gasteiger partial charge is 0.324 e. The molecule has 3 rings (SSSR count). The van der Waals surface area contributed by atoms with Gasteiger partial charge >= 0.3 is 0 Å². The van der Waals surface area contributed by atoms with Crippen molar-refractivity contribution in [3.8, 4) is 0 Å². The highest BCUT2D eigenvalue weighted by molar-refractivity contribution is 5.95. The van der Waals surface area contributed by atoms with Crippen molar-refractivity contribution in [2.45, 2.75) is 32.1 Å². The Hall–Kier alpha value is -1.31. The van der Waals surface area contributed by atoms with Gasteiger partial charge in [0.25, 0.3) is 0 Å². The molecule has 0 fully saturated rings. The van der Waals surface area contributed by atoms with Crippen molar-refractivity contribution >= 4 is 12.0 Å². The number of aromatic nitrogens is 1. The van der Waals surface area contributed by atoms with Gasteiger partial charge in [0.15, 0.2) is 5.78 Å². The van der Waals surface area contributed by atoms with Crippen LogP contribution < -0.4 is 0 Å². The van der Waals surface area contributed by atoms with Crippen LogP contribution in [0.25, 0.3) is 6.20 Å². The van der Waals surface area contributed by atoms with Gasteiger partial charge in [0, 0.05) is 17.6 Å². The van der Waals surface area contributed by atoms with E-state index >= 15 is 0 Å². The van der Waals surface area contributed by atoms with Crippen LogP contribution in [0.15, 0.2) is 12.1 Å². The summed E-state index contributed by atoms with van der Waals surface area (Å²) in [4.78, 5) is 11.2. The normalized spacial score (nSPS) is 19.3. The molecule has 0 radical (unpaired) electrons. The Bertz CT molecular complexity index is 426. The lowest BCUT2D eigenvalue weighted by Crippen LogP contribution is -2.12. The third-order valence-electron chi connectivity index (χ3n) is 3.19. The minimum Gasteiger partial charge on any atom is -0.324 e. The van der Waals surface area contributed by atoms with Crippen molar-refractivity contribution in [3.05, 3.63) is 29.1 Å². The molecule has 72 valence electrons. The predicted octanol–water partition coefficient (Wildman–Crippen LogP) is 1.96. The fourth-order valence-corrected chi connectivity index (χ4v) is 2.50. The van der Waals surface area contributed by atoms with Gasteiger partial charge in [-0.3, -0.25) is 4.79 Å². The summed E-state index contributed by atoms with van der Waals surface area (Å²) in [5.41, 5.74) is 4.09. The lowest BCUT2D eigenvalue weighted by Gasteiger charge is -2.15. The Morgan fingerprint density at radius 1 is 1.21 bits per heavy atom. The van der Waals surface area contributed by atoms with Crippen LogP contribution in [0, 0.1) is 0 Å². The number of allylic oxidation sites excluding steroid dienone is 1. The molecule has 1 aliphatic carbocycles. The number of nitrogens with zero attached hydrogens (tertiary/aromatic N) is 1. The van der Waals surface area contributed by atoms with Crippen LogP contribution in [0.4, 0.5) is 0 Å². The second-order valence-corrected chi connectivity index (χ2v) is 4.14. The molecule has 0 N–H and O–H groups in total. The zero-order chi connectivity index (χ0) is 9.54. The Morgan fingerprint density at radius 3 is 3.00 bits per heavy atom. The smallest absolute Gasteiger partial charge is 0.163 e. The standard InChI is InChI=1S/C12H13NO/c14-11-5-6-13-10(8-11)7-9-3-1-2-4-12(9)13/h5-7H,1-4,8H2. The van der Waals surface area contributed by atoms with Gasteiger partial charge in [-0.2, -0.15) is 0 Å².